The van der Waals surface area contributed by atoms with Crippen LogP contribution in [0.3, 0.4) is 0 Å². The second kappa shape index (κ2) is 10.7. The van der Waals surface area contributed by atoms with Crippen LogP contribution in [0, 0.1) is 12.3 Å². The maximum absolute atomic E-state index is 13.5. The van der Waals surface area contributed by atoms with E-state index in [1.54, 1.807) is 14.0 Å². The van der Waals surface area contributed by atoms with Gasteiger partial charge in [0.2, 0.25) is 16.9 Å². The molecular formula is C32H33N3O5. The third kappa shape index (κ3) is 5.13. The van der Waals surface area contributed by atoms with Gasteiger partial charge in [-0.3, -0.25) is 9.59 Å². The number of imidazole rings is 1. The summed E-state index contributed by atoms with van der Waals surface area (Å²) >= 11 is 0. The molecule has 1 fully saturated rings. The molecule has 0 spiro atoms. The number of nitrogens with one attached hydrogen (secondary N) is 2. The fourth-order valence-electron chi connectivity index (χ4n) is 5.97. The van der Waals surface area contributed by atoms with Gasteiger partial charge >= 0.3 is 0 Å². The predicted molar refractivity (Wildman–Crippen MR) is 154 cm³/mol. The van der Waals surface area contributed by atoms with E-state index in [-0.39, 0.29) is 28.8 Å². The van der Waals surface area contributed by atoms with Gasteiger partial charge in [0.1, 0.15) is 23.1 Å². The zero-order chi connectivity index (χ0) is 27.7. The topological polar surface area (TPSA) is 110 Å². The first-order valence-corrected chi connectivity index (χ1v) is 13.8. The van der Waals surface area contributed by atoms with Crippen molar-refractivity contribution in [1.29, 1.82) is 0 Å². The molecule has 5 aromatic rings. The van der Waals surface area contributed by atoms with Crippen LogP contribution in [0.25, 0.3) is 33.5 Å². The van der Waals surface area contributed by atoms with Crippen molar-refractivity contribution in [3.63, 3.8) is 0 Å². The van der Waals surface area contributed by atoms with Crippen molar-refractivity contribution >= 4 is 28.1 Å². The number of nitrogens with zero attached hydrogens (tertiary/aromatic N) is 1. The Bertz CT molecular complexity index is 1690. The highest BCUT2D eigenvalue weighted by Crippen LogP contribution is 2.39. The summed E-state index contributed by atoms with van der Waals surface area (Å²) in [5.41, 5.74) is 3.39. The molecule has 0 atom stereocenters. The number of furan rings is 1. The molecule has 2 aromatic carbocycles. The van der Waals surface area contributed by atoms with Gasteiger partial charge in [0.05, 0.1) is 30.1 Å². The Morgan fingerprint density at radius 2 is 1.82 bits per heavy atom. The standard InChI is InChI=1S/C32H33N3O5/c1-20-16-26(36)31-30(39-20)23(29(40-31)21-10-12-22(38-2)13-11-21)17-28(37)33-19-32(14-6-3-7-15-32)18-27-34-24-8-4-5-9-25(24)35-27/h4-5,8-13,16H,3,6-7,14-15,17-19H2,1-2H3,(H,33,37)(H,34,35). The Morgan fingerprint density at radius 3 is 2.58 bits per heavy atom. The lowest BCUT2D eigenvalue weighted by Crippen LogP contribution is -2.41. The van der Waals surface area contributed by atoms with Crippen LogP contribution < -0.4 is 15.5 Å². The van der Waals surface area contributed by atoms with Gasteiger partial charge in [-0.05, 0) is 61.6 Å². The first kappa shape index (κ1) is 25.9. The van der Waals surface area contributed by atoms with E-state index >= 15 is 0 Å². The van der Waals surface area contributed by atoms with Crippen molar-refractivity contribution in [2.75, 3.05) is 13.7 Å². The van der Waals surface area contributed by atoms with E-state index in [1.807, 2.05) is 48.5 Å². The van der Waals surface area contributed by atoms with Gasteiger partial charge in [-0.15, -0.1) is 0 Å². The Labute approximate surface area is 231 Å². The summed E-state index contributed by atoms with van der Waals surface area (Å²) in [6.45, 7) is 2.27. The van der Waals surface area contributed by atoms with E-state index in [1.165, 1.54) is 12.5 Å². The molecule has 1 aliphatic carbocycles. The maximum atomic E-state index is 13.5. The van der Waals surface area contributed by atoms with Crippen LogP contribution >= 0.6 is 0 Å². The first-order chi connectivity index (χ1) is 19.4. The van der Waals surface area contributed by atoms with E-state index in [4.69, 9.17) is 18.6 Å². The average Bonchev–Trinajstić information content (AvgIpc) is 3.53. The van der Waals surface area contributed by atoms with Gasteiger partial charge in [0.15, 0.2) is 5.58 Å². The third-order valence-corrected chi connectivity index (χ3v) is 8.02. The van der Waals surface area contributed by atoms with Gasteiger partial charge in [-0.1, -0.05) is 31.4 Å². The smallest absolute Gasteiger partial charge is 0.228 e. The lowest BCUT2D eigenvalue weighted by Gasteiger charge is -2.37. The third-order valence-electron chi connectivity index (χ3n) is 8.02. The molecule has 0 saturated heterocycles. The number of fused-ring (bicyclic) bond motifs is 2. The Kier molecular flexibility index (Phi) is 6.92. The number of amides is 1. The van der Waals surface area contributed by atoms with Gasteiger partial charge in [0.25, 0.3) is 0 Å². The minimum absolute atomic E-state index is 0.0292. The number of hydrogen-bond acceptors (Lipinski definition) is 6. The first-order valence-electron chi connectivity index (χ1n) is 13.8. The number of carbonyl (C=O) groups is 1. The summed E-state index contributed by atoms with van der Waals surface area (Å²) in [4.78, 5) is 34.5. The number of H-pyrrole nitrogens is 1. The minimum atomic E-state index is -0.271. The lowest BCUT2D eigenvalue weighted by molar-refractivity contribution is -0.121. The molecule has 40 heavy (non-hydrogen) atoms. The van der Waals surface area contributed by atoms with Crippen LogP contribution in [0.2, 0.25) is 0 Å². The molecular weight excluding hydrogens is 506 g/mol. The van der Waals surface area contributed by atoms with Crippen LogP contribution in [0.4, 0.5) is 0 Å². The number of benzene rings is 2. The largest absolute Gasteiger partial charge is 0.497 e. The summed E-state index contributed by atoms with van der Waals surface area (Å²) in [5, 5.41) is 3.21. The van der Waals surface area contributed by atoms with Crippen LogP contribution in [0.1, 0.15) is 49.3 Å². The lowest BCUT2D eigenvalue weighted by atomic mass is 9.71. The van der Waals surface area contributed by atoms with Crippen molar-refractivity contribution in [1.82, 2.24) is 15.3 Å². The van der Waals surface area contributed by atoms with Gasteiger partial charge in [-0.2, -0.15) is 0 Å². The number of aromatic nitrogens is 2. The predicted octanol–water partition coefficient (Wildman–Crippen LogP) is 6.10. The molecule has 3 heterocycles. The molecule has 1 saturated carbocycles. The molecule has 2 N–H and O–H groups in total. The molecule has 0 radical (unpaired) electrons. The highest BCUT2D eigenvalue weighted by molar-refractivity contribution is 5.90. The number of methoxy groups -OCH3 is 1. The van der Waals surface area contributed by atoms with E-state index in [9.17, 15) is 9.59 Å². The Balaban J connectivity index is 1.26. The van der Waals surface area contributed by atoms with Crippen molar-refractivity contribution in [3.05, 3.63) is 82.0 Å². The number of rotatable bonds is 8. The minimum Gasteiger partial charge on any atom is -0.497 e. The van der Waals surface area contributed by atoms with Crippen molar-refractivity contribution in [2.45, 2.75) is 51.9 Å². The SMILES string of the molecule is COc1ccc(-c2oc3c(=O)cc(C)oc3c2CC(=O)NCC2(Cc3nc4ccccc4[nH]3)CCCCC2)cc1. The van der Waals surface area contributed by atoms with Crippen LogP contribution in [-0.2, 0) is 17.6 Å². The number of para-hydroxylation sites is 2. The number of ether oxygens (including phenoxy) is 1. The van der Waals surface area contributed by atoms with Gasteiger partial charge < -0.3 is 23.9 Å². The number of aryl methyl sites for hydroxylation is 1. The molecule has 3 aromatic heterocycles. The normalized spacial score (nSPS) is 14.9. The molecule has 8 heteroatoms. The summed E-state index contributed by atoms with van der Waals surface area (Å²) in [6, 6.07) is 16.8. The molecule has 0 unspecified atom stereocenters. The monoisotopic (exact) mass is 539 g/mol. The summed E-state index contributed by atoms with van der Waals surface area (Å²) in [6.07, 6.45) is 6.35. The zero-order valence-corrected chi connectivity index (χ0v) is 22.8. The zero-order valence-electron chi connectivity index (χ0n) is 22.8. The van der Waals surface area contributed by atoms with E-state index in [2.05, 4.69) is 10.3 Å². The maximum Gasteiger partial charge on any atom is 0.228 e. The average molecular weight is 540 g/mol. The van der Waals surface area contributed by atoms with Crippen molar-refractivity contribution in [3.8, 4) is 17.1 Å². The van der Waals surface area contributed by atoms with Crippen molar-refractivity contribution in [2.24, 2.45) is 5.41 Å². The van der Waals surface area contributed by atoms with Gasteiger partial charge in [0, 0.05) is 24.6 Å². The van der Waals surface area contributed by atoms with Crippen LogP contribution in [0.15, 0.2) is 68.2 Å². The number of carbonyl (C=O) groups excluding carboxylic acids is 1. The second-order valence-electron chi connectivity index (χ2n) is 10.9. The summed E-state index contributed by atoms with van der Waals surface area (Å²) in [5.74, 6) is 2.43. The van der Waals surface area contributed by atoms with Gasteiger partial charge in [-0.25, -0.2) is 4.98 Å². The van der Waals surface area contributed by atoms with E-state index in [0.29, 0.717) is 35.0 Å². The Hall–Kier alpha value is -4.33. The van der Waals surface area contributed by atoms with E-state index in [0.717, 1.165) is 54.5 Å². The summed E-state index contributed by atoms with van der Waals surface area (Å²) < 4.78 is 17.2. The van der Waals surface area contributed by atoms with E-state index < -0.39 is 0 Å². The number of aromatic amines is 1. The molecule has 1 aliphatic rings. The van der Waals surface area contributed by atoms with Crippen LogP contribution in [0.5, 0.6) is 5.75 Å². The molecule has 6 rings (SSSR count). The molecule has 0 aliphatic heterocycles. The molecule has 1 amide bonds. The van der Waals surface area contributed by atoms with Crippen molar-refractivity contribution < 1.29 is 18.4 Å². The summed E-state index contributed by atoms with van der Waals surface area (Å²) in [7, 11) is 1.60. The Morgan fingerprint density at radius 1 is 1.05 bits per heavy atom. The fraction of sp³-hybridized carbons (Fsp3) is 0.344. The molecule has 206 valence electrons. The quantitative estimate of drug-likeness (QED) is 0.247. The molecule has 0 bridgehead atoms. The highest BCUT2D eigenvalue weighted by atomic mass is 16.5. The van der Waals surface area contributed by atoms with Crippen LogP contribution in [-0.4, -0.2) is 29.5 Å². The fourth-order valence-corrected chi connectivity index (χ4v) is 5.97. The molecule has 8 nitrogen and oxygen atoms in total. The highest BCUT2D eigenvalue weighted by Gasteiger charge is 2.34. The second-order valence-corrected chi connectivity index (χ2v) is 10.9. The number of hydrogen-bond donors (Lipinski definition) is 2.